The molecular weight excluding hydrogens is 184 g/mol. The normalized spacial score (nSPS) is 11.4. The Morgan fingerprint density at radius 3 is 2.43 bits per heavy atom. The lowest BCUT2D eigenvalue weighted by atomic mass is 10.1. The first-order valence-electron chi connectivity index (χ1n) is 4.17. The van der Waals surface area contributed by atoms with Crippen LogP contribution in [0.4, 0.5) is 11.6 Å². The van der Waals surface area contributed by atoms with E-state index in [0.29, 0.717) is 11.6 Å². The minimum Gasteiger partial charge on any atom is -0.394 e. The monoisotopic (exact) mass is 198 g/mol. The smallest absolute Gasteiger partial charge is 0.145 e. The van der Waals surface area contributed by atoms with Crippen molar-refractivity contribution in [1.29, 1.82) is 0 Å². The van der Waals surface area contributed by atoms with Crippen LogP contribution in [0, 0.1) is 0 Å². The summed E-state index contributed by atoms with van der Waals surface area (Å²) in [5, 5.41) is 20.9. The number of nitrogen functional groups attached to an aromatic ring is 1. The predicted octanol–water partition coefficient (Wildman–Crippen LogP) is -0.786. The van der Waals surface area contributed by atoms with E-state index in [-0.39, 0.29) is 13.2 Å². The zero-order valence-corrected chi connectivity index (χ0v) is 7.94. The lowest BCUT2D eigenvalue weighted by Crippen LogP contribution is -2.42. The lowest BCUT2D eigenvalue weighted by Gasteiger charge is -2.26. The minimum atomic E-state index is -0.801. The molecule has 0 radical (unpaired) electrons. The van der Waals surface area contributed by atoms with Gasteiger partial charge in [0.05, 0.1) is 31.1 Å². The molecule has 78 valence electrons. The van der Waals surface area contributed by atoms with Gasteiger partial charge in [-0.2, -0.15) is 0 Å². The summed E-state index contributed by atoms with van der Waals surface area (Å²) < 4.78 is 0. The quantitative estimate of drug-likeness (QED) is 0.505. The van der Waals surface area contributed by atoms with Crippen molar-refractivity contribution in [3.05, 3.63) is 12.4 Å². The van der Waals surface area contributed by atoms with Crippen LogP contribution in [0.25, 0.3) is 0 Å². The zero-order chi connectivity index (χ0) is 10.6. The van der Waals surface area contributed by atoms with Crippen molar-refractivity contribution in [3.63, 3.8) is 0 Å². The number of aliphatic hydroxyl groups is 2. The fourth-order valence-corrected chi connectivity index (χ4v) is 0.841. The highest BCUT2D eigenvalue weighted by Crippen LogP contribution is 2.11. The molecule has 0 saturated carbocycles. The number of nitrogens with two attached hydrogens (primary N) is 1. The number of nitrogens with zero attached hydrogens (tertiary/aromatic N) is 2. The Labute approximate surface area is 81.8 Å². The first kappa shape index (κ1) is 10.7. The molecule has 5 N–H and O–H groups in total. The zero-order valence-electron chi connectivity index (χ0n) is 7.94. The highest BCUT2D eigenvalue weighted by atomic mass is 16.3. The van der Waals surface area contributed by atoms with Gasteiger partial charge in [-0.3, -0.25) is 0 Å². The van der Waals surface area contributed by atoms with Crippen LogP contribution in [0.3, 0.4) is 0 Å². The molecule has 0 spiro atoms. The van der Waals surface area contributed by atoms with Gasteiger partial charge < -0.3 is 21.3 Å². The van der Waals surface area contributed by atoms with Gasteiger partial charge in [0.2, 0.25) is 0 Å². The lowest BCUT2D eigenvalue weighted by molar-refractivity contribution is 0.147. The van der Waals surface area contributed by atoms with Gasteiger partial charge >= 0.3 is 0 Å². The molecule has 0 saturated heterocycles. The molecule has 0 aliphatic heterocycles. The number of hydrogen-bond acceptors (Lipinski definition) is 6. The largest absolute Gasteiger partial charge is 0.394 e. The number of aliphatic hydroxyl groups excluding tert-OH is 2. The fourth-order valence-electron chi connectivity index (χ4n) is 0.841. The van der Waals surface area contributed by atoms with E-state index in [1.165, 1.54) is 12.4 Å². The van der Waals surface area contributed by atoms with E-state index in [2.05, 4.69) is 15.3 Å². The summed E-state index contributed by atoms with van der Waals surface area (Å²) in [5.41, 5.74) is 4.55. The molecule has 0 unspecified atom stereocenters. The van der Waals surface area contributed by atoms with Crippen molar-refractivity contribution < 1.29 is 10.2 Å². The van der Waals surface area contributed by atoms with Crippen LogP contribution in [0.15, 0.2) is 12.4 Å². The maximum atomic E-state index is 9.01. The van der Waals surface area contributed by atoms with Crippen LogP contribution in [-0.2, 0) is 0 Å². The maximum absolute atomic E-state index is 9.01. The Morgan fingerprint density at radius 2 is 2.00 bits per heavy atom. The van der Waals surface area contributed by atoms with Crippen LogP contribution in [0.2, 0.25) is 0 Å². The second-order valence-corrected chi connectivity index (χ2v) is 3.33. The maximum Gasteiger partial charge on any atom is 0.145 e. The molecule has 1 aromatic rings. The van der Waals surface area contributed by atoms with E-state index in [1.807, 2.05) is 0 Å². The number of hydrogen-bond donors (Lipinski definition) is 4. The number of nitrogens with one attached hydrogen (secondary N) is 1. The second kappa shape index (κ2) is 4.21. The van der Waals surface area contributed by atoms with Crippen LogP contribution in [0.5, 0.6) is 0 Å². The van der Waals surface area contributed by atoms with Gasteiger partial charge in [-0.15, -0.1) is 0 Å². The molecule has 1 rings (SSSR count). The summed E-state index contributed by atoms with van der Waals surface area (Å²) in [5.74, 6) is 0.787. The molecule has 0 atom stereocenters. The molecule has 1 heterocycles. The Bertz CT molecular complexity index is 284. The predicted molar refractivity (Wildman–Crippen MR) is 52.6 cm³/mol. The summed E-state index contributed by atoms with van der Waals surface area (Å²) in [6.45, 7) is 1.27. The molecule has 0 aromatic carbocycles. The van der Waals surface area contributed by atoms with Gasteiger partial charge in [-0.25, -0.2) is 9.97 Å². The van der Waals surface area contributed by atoms with Gasteiger partial charge in [0.1, 0.15) is 11.6 Å². The molecule has 1 aromatic heterocycles. The topological polar surface area (TPSA) is 104 Å². The summed E-state index contributed by atoms with van der Waals surface area (Å²) >= 11 is 0. The van der Waals surface area contributed by atoms with Crippen molar-refractivity contribution in [1.82, 2.24) is 9.97 Å². The summed E-state index contributed by atoms with van der Waals surface area (Å²) in [6, 6.07) is 0. The van der Waals surface area contributed by atoms with E-state index in [1.54, 1.807) is 6.92 Å². The van der Waals surface area contributed by atoms with Crippen LogP contribution >= 0.6 is 0 Å². The molecule has 0 amide bonds. The fraction of sp³-hybridized carbons (Fsp3) is 0.500. The Morgan fingerprint density at radius 1 is 1.36 bits per heavy atom. The highest BCUT2D eigenvalue weighted by Gasteiger charge is 2.22. The van der Waals surface area contributed by atoms with Crippen molar-refractivity contribution in [2.45, 2.75) is 12.5 Å². The molecule has 0 aliphatic rings. The van der Waals surface area contributed by atoms with Gasteiger partial charge in [0.15, 0.2) is 0 Å². The van der Waals surface area contributed by atoms with E-state index in [9.17, 15) is 0 Å². The van der Waals surface area contributed by atoms with Crippen molar-refractivity contribution in [3.8, 4) is 0 Å². The number of aromatic nitrogens is 2. The molecule has 0 aliphatic carbocycles. The van der Waals surface area contributed by atoms with Crippen molar-refractivity contribution in [2.24, 2.45) is 0 Å². The number of anilines is 2. The minimum absolute atomic E-state index is 0.199. The van der Waals surface area contributed by atoms with Crippen molar-refractivity contribution >= 4 is 11.6 Å². The third-order valence-corrected chi connectivity index (χ3v) is 1.80. The summed E-state index contributed by atoms with van der Waals surface area (Å²) in [4.78, 5) is 7.76. The Hall–Kier alpha value is -1.40. The number of rotatable bonds is 4. The SMILES string of the molecule is CC(CO)(CO)Nc1cnc(N)cn1. The average molecular weight is 198 g/mol. The molecule has 0 bridgehead atoms. The van der Waals surface area contributed by atoms with Crippen LogP contribution in [-0.4, -0.2) is 38.9 Å². The van der Waals surface area contributed by atoms with Gasteiger partial charge in [-0.05, 0) is 6.92 Å². The third kappa shape index (κ3) is 2.54. The van der Waals surface area contributed by atoms with Crippen LogP contribution in [0.1, 0.15) is 6.92 Å². The van der Waals surface area contributed by atoms with Gasteiger partial charge in [0.25, 0.3) is 0 Å². The Balaban J connectivity index is 2.72. The van der Waals surface area contributed by atoms with Gasteiger partial charge in [-0.1, -0.05) is 0 Å². The van der Waals surface area contributed by atoms with E-state index < -0.39 is 5.54 Å². The van der Waals surface area contributed by atoms with E-state index in [0.717, 1.165) is 0 Å². The average Bonchev–Trinajstić information content (AvgIpc) is 2.21. The van der Waals surface area contributed by atoms with E-state index in [4.69, 9.17) is 15.9 Å². The Kier molecular flexibility index (Phi) is 3.21. The van der Waals surface area contributed by atoms with Crippen LogP contribution < -0.4 is 11.1 Å². The highest BCUT2D eigenvalue weighted by molar-refractivity contribution is 5.38. The standard InChI is InChI=1S/C8H14N4O2/c1-8(4-13,5-14)12-7-3-10-6(9)2-11-7/h2-3,13-14H,4-5H2,1H3,(H2,9,10)(H,11,12). The molecule has 14 heavy (non-hydrogen) atoms. The molecular formula is C8H14N4O2. The molecule has 6 heteroatoms. The summed E-state index contributed by atoms with van der Waals surface area (Å²) in [6.07, 6.45) is 2.84. The van der Waals surface area contributed by atoms with Gasteiger partial charge in [0, 0.05) is 0 Å². The first-order valence-corrected chi connectivity index (χ1v) is 4.17. The van der Waals surface area contributed by atoms with E-state index >= 15 is 0 Å². The first-order chi connectivity index (χ1) is 6.59. The second-order valence-electron chi connectivity index (χ2n) is 3.33. The molecule has 6 nitrogen and oxygen atoms in total. The summed E-state index contributed by atoms with van der Waals surface area (Å²) in [7, 11) is 0. The molecule has 0 fully saturated rings. The third-order valence-electron chi connectivity index (χ3n) is 1.80. The van der Waals surface area contributed by atoms with Crippen molar-refractivity contribution in [2.75, 3.05) is 24.3 Å².